The van der Waals surface area contributed by atoms with Gasteiger partial charge < -0.3 is 4.74 Å². The van der Waals surface area contributed by atoms with Gasteiger partial charge in [-0.15, -0.1) is 11.3 Å². The third-order valence-corrected chi connectivity index (χ3v) is 4.92. The number of hydrogen-bond donors (Lipinski definition) is 0. The standard InChI is InChI=1S/C16H15BrN2O3S/c17-12-5-3-11(4-6-12)9-22-15(21)8-13-10-23-16(18-13)19-7-1-2-14(19)20/h3-6,10H,1-2,7-9H2. The topological polar surface area (TPSA) is 59.5 Å². The molecule has 5 nitrogen and oxygen atoms in total. The fraction of sp³-hybridized carbons (Fsp3) is 0.312. The molecular weight excluding hydrogens is 380 g/mol. The van der Waals surface area contributed by atoms with Crippen LogP contribution in [-0.4, -0.2) is 23.4 Å². The molecule has 1 saturated heterocycles. The summed E-state index contributed by atoms with van der Waals surface area (Å²) in [6, 6.07) is 7.61. The molecule has 0 aliphatic carbocycles. The van der Waals surface area contributed by atoms with Crippen LogP contribution in [0.15, 0.2) is 34.1 Å². The Morgan fingerprint density at radius 3 is 2.83 bits per heavy atom. The maximum atomic E-state index is 11.9. The van der Waals surface area contributed by atoms with Crippen LogP contribution in [0.4, 0.5) is 5.13 Å². The maximum absolute atomic E-state index is 11.9. The number of aromatic nitrogens is 1. The van der Waals surface area contributed by atoms with E-state index in [0.29, 0.717) is 23.8 Å². The fourth-order valence-corrected chi connectivity index (χ4v) is 3.43. The Bertz CT molecular complexity index is 714. The molecule has 3 rings (SSSR count). The van der Waals surface area contributed by atoms with Crippen LogP contribution in [0.2, 0.25) is 0 Å². The number of hydrogen-bond acceptors (Lipinski definition) is 5. The monoisotopic (exact) mass is 394 g/mol. The lowest BCUT2D eigenvalue weighted by Crippen LogP contribution is -2.23. The molecule has 1 aromatic carbocycles. The minimum atomic E-state index is -0.322. The van der Waals surface area contributed by atoms with Crippen molar-refractivity contribution in [2.75, 3.05) is 11.4 Å². The average Bonchev–Trinajstić information content (AvgIpc) is 3.15. The van der Waals surface area contributed by atoms with Crippen LogP contribution in [0.3, 0.4) is 0 Å². The Balaban J connectivity index is 1.53. The van der Waals surface area contributed by atoms with Gasteiger partial charge >= 0.3 is 5.97 Å². The number of amides is 1. The summed E-state index contributed by atoms with van der Waals surface area (Å²) in [5.41, 5.74) is 1.58. The van der Waals surface area contributed by atoms with Gasteiger partial charge in [-0.3, -0.25) is 14.5 Å². The zero-order chi connectivity index (χ0) is 16.2. The van der Waals surface area contributed by atoms with Gasteiger partial charge in [-0.05, 0) is 24.1 Å². The fourth-order valence-electron chi connectivity index (χ4n) is 2.30. The Kier molecular flexibility index (Phi) is 5.07. The summed E-state index contributed by atoms with van der Waals surface area (Å²) in [4.78, 5) is 29.6. The van der Waals surface area contributed by atoms with E-state index < -0.39 is 0 Å². The molecule has 0 spiro atoms. The lowest BCUT2D eigenvalue weighted by molar-refractivity contribution is -0.144. The van der Waals surface area contributed by atoms with Crippen LogP contribution >= 0.6 is 27.3 Å². The summed E-state index contributed by atoms with van der Waals surface area (Å²) in [6.45, 7) is 0.952. The molecule has 1 aromatic heterocycles. The SMILES string of the molecule is O=C(Cc1csc(N2CCCC2=O)n1)OCc1ccc(Br)cc1. The van der Waals surface area contributed by atoms with Crippen molar-refractivity contribution >= 4 is 44.3 Å². The van der Waals surface area contributed by atoms with E-state index in [1.807, 2.05) is 29.6 Å². The van der Waals surface area contributed by atoms with Gasteiger partial charge in [0.25, 0.3) is 0 Å². The van der Waals surface area contributed by atoms with Crippen molar-refractivity contribution in [3.05, 3.63) is 45.4 Å². The minimum Gasteiger partial charge on any atom is -0.461 e. The molecule has 23 heavy (non-hydrogen) atoms. The molecule has 1 aliphatic heterocycles. The number of carbonyl (C=O) groups excluding carboxylic acids is 2. The van der Waals surface area contributed by atoms with E-state index >= 15 is 0 Å². The van der Waals surface area contributed by atoms with Crippen LogP contribution in [0.5, 0.6) is 0 Å². The molecular formula is C16H15BrN2O3S. The van der Waals surface area contributed by atoms with E-state index in [1.54, 1.807) is 4.90 Å². The van der Waals surface area contributed by atoms with Gasteiger partial charge in [0.15, 0.2) is 5.13 Å². The summed E-state index contributed by atoms with van der Waals surface area (Å²) in [5.74, 6) is -0.221. The predicted molar refractivity (Wildman–Crippen MR) is 91.3 cm³/mol. The van der Waals surface area contributed by atoms with Crippen LogP contribution in [-0.2, 0) is 27.4 Å². The quantitative estimate of drug-likeness (QED) is 0.729. The van der Waals surface area contributed by atoms with Crippen molar-refractivity contribution in [1.29, 1.82) is 0 Å². The van der Waals surface area contributed by atoms with Gasteiger partial charge in [0, 0.05) is 22.8 Å². The van der Waals surface area contributed by atoms with Crippen molar-refractivity contribution in [3.63, 3.8) is 0 Å². The van der Waals surface area contributed by atoms with Crippen LogP contribution in [0.1, 0.15) is 24.1 Å². The van der Waals surface area contributed by atoms with Crippen molar-refractivity contribution < 1.29 is 14.3 Å². The highest BCUT2D eigenvalue weighted by Gasteiger charge is 2.24. The zero-order valence-corrected chi connectivity index (χ0v) is 14.7. The van der Waals surface area contributed by atoms with Crippen LogP contribution < -0.4 is 4.90 Å². The number of benzene rings is 1. The highest BCUT2D eigenvalue weighted by atomic mass is 79.9. The van der Waals surface area contributed by atoms with Crippen LogP contribution in [0.25, 0.3) is 0 Å². The van der Waals surface area contributed by atoms with E-state index in [9.17, 15) is 9.59 Å². The molecule has 2 aromatic rings. The number of carbonyl (C=O) groups is 2. The third kappa shape index (κ3) is 4.17. The number of ether oxygens (including phenoxy) is 1. The second-order valence-corrected chi connectivity index (χ2v) is 6.99. The summed E-state index contributed by atoms with van der Waals surface area (Å²) in [6.07, 6.45) is 1.56. The van der Waals surface area contributed by atoms with Gasteiger partial charge in [-0.2, -0.15) is 0 Å². The van der Waals surface area contributed by atoms with Crippen molar-refractivity contribution in [2.45, 2.75) is 25.9 Å². The minimum absolute atomic E-state index is 0.101. The number of esters is 1. The average molecular weight is 395 g/mol. The molecule has 120 valence electrons. The second kappa shape index (κ2) is 7.23. The highest BCUT2D eigenvalue weighted by molar-refractivity contribution is 9.10. The number of nitrogens with zero attached hydrogens (tertiary/aromatic N) is 2. The molecule has 0 unspecified atom stereocenters. The lowest BCUT2D eigenvalue weighted by atomic mass is 10.2. The van der Waals surface area contributed by atoms with E-state index in [2.05, 4.69) is 20.9 Å². The smallest absolute Gasteiger partial charge is 0.312 e. The summed E-state index contributed by atoms with van der Waals surface area (Å²) in [7, 11) is 0. The number of halogens is 1. The lowest BCUT2D eigenvalue weighted by Gasteiger charge is -2.10. The number of anilines is 1. The van der Waals surface area contributed by atoms with Crippen molar-refractivity contribution in [2.24, 2.45) is 0 Å². The van der Waals surface area contributed by atoms with Crippen molar-refractivity contribution in [3.8, 4) is 0 Å². The normalized spacial score (nSPS) is 14.3. The Hall–Kier alpha value is -1.73. The van der Waals surface area contributed by atoms with E-state index in [1.165, 1.54) is 11.3 Å². The largest absolute Gasteiger partial charge is 0.461 e. The van der Waals surface area contributed by atoms with Gasteiger partial charge in [-0.25, -0.2) is 4.98 Å². The number of thiazole rings is 1. The second-order valence-electron chi connectivity index (χ2n) is 5.23. The predicted octanol–water partition coefficient (Wildman–Crippen LogP) is 3.32. The van der Waals surface area contributed by atoms with Gasteiger partial charge in [-0.1, -0.05) is 28.1 Å². The molecule has 0 saturated carbocycles. The molecule has 1 fully saturated rings. The highest BCUT2D eigenvalue weighted by Crippen LogP contribution is 2.25. The first-order valence-corrected chi connectivity index (χ1v) is 8.94. The molecule has 1 aliphatic rings. The zero-order valence-electron chi connectivity index (χ0n) is 12.3. The Morgan fingerprint density at radius 2 is 2.13 bits per heavy atom. The van der Waals surface area contributed by atoms with E-state index in [4.69, 9.17) is 4.74 Å². The summed E-state index contributed by atoms with van der Waals surface area (Å²) in [5, 5.41) is 2.48. The van der Waals surface area contributed by atoms with Gasteiger partial charge in [0.05, 0.1) is 12.1 Å². The maximum Gasteiger partial charge on any atom is 0.312 e. The molecule has 2 heterocycles. The first-order valence-electron chi connectivity index (χ1n) is 7.26. The summed E-state index contributed by atoms with van der Waals surface area (Å²) >= 11 is 4.75. The molecule has 0 N–H and O–H groups in total. The molecule has 0 radical (unpaired) electrons. The molecule has 0 bridgehead atoms. The van der Waals surface area contributed by atoms with E-state index in [-0.39, 0.29) is 24.9 Å². The van der Waals surface area contributed by atoms with Gasteiger partial charge in [0.1, 0.15) is 6.61 Å². The first-order chi connectivity index (χ1) is 11.1. The first kappa shape index (κ1) is 16.1. The molecule has 0 atom stereocenters. The van der Waals surface area contributed by atoms with Crippen molar-refractivity contribution in [1.82, 2.24) is 4.98 Å². The number of rotatable bonds is 5. The molecule has 7 heteroatoms. The molecule has 1 amide bonds. The van der Waals surface area contributed by atoms with Gasteiger partial charge in [0.2, 0.25) is 5.91 Å². The summed E-state index contributed by atoms with van der Waals surface area (Å²) < 4.78 is 6.24. The van der Waals surface area contributed by atoms with Crippen LogP contribution in [0, 0.1) is 0 Å². The Morgan fingerprint density at radius 1 is 1.35 bits per heavy atom. The third-order valence-electron chi connectivity index (χ3n) is 3.48. The Labute approximate surface area is 146 Å². The van der Waals surface area contributed by atoms with E-state index in [0.717, 1.165) is 16.5 Å².